The van der Waals surface area contributed by atoms with E-state index in [1.807, 2.05) is 13.8 Å². The average Bonchev–Trinajstić information content (AvgIpc) is 2.63. The van der Waals surface area contributed by atoms with Crippen LogP contribution in [-0.4, -0.2) is 17.1 Å². The van der Waals surface area contributed by atoms with Gasteiger partial charge in [0.05, 0.1) is 18.9 Å². The second-order valence-corrected chi connectivity index (χ2v) is 5.25. The van der Waals surface area contributed by atoms with E-state index in [2.05, 4.69) is 36.7 Å². The van der Waals surface area contributed by atoms with Gasteiger partial charge in [-0.05, 0) is 12.0 Å². The standard InChI is InChI=1S/C15H17N9O2/c1-8(2)10-5-11(25-3)9(6-16)4-12(10)26-13-7-19-15(22-24-18)20-14(13)21-23-17/h4-5,7-8H,1-3H3,(H4,17,18,19,20,21,22). The zero-order chi connectivity index (χ0) is 19.1. The lowest BCUT2D eigenvalue weighted by atomic mass is 9.99. The molecule has 2 rings (SSSR count). The van der Waals surface area contributed by atoms with Crippen molar-refractivity contribution in [1.82, 2.24) is 9.97 Å². The highest BCUT2D eigenvalue weighted by atomic mass is 16.5. The van der Waals surface area contributed by atoms with Gasteiger partial charge in [0.25, 0.3) is 5.95 Å². The minimum atomic E-state index is -0.0289. The first-order valence-electron chi connectivity index (χ1n) is 7.42. The number of ether oxygens (including phenoxy) is 2. The van der Waals surface area contributed by atoms with Crippen LogP contribution in [0.15, 0.2) is 39.0 Å². The molecule has 0 aliphatic heterocycles. The van der Waals surface area contributed by atoms with Crippen molar-refractivity contribution in [3.05, 3.63) is 29.5 Å². The lowest BCUT2D eigenvalue weighted by Crippen LogP contribution is -1.99. The van der Waals surface area contributed by atoms with Crippen molar-refractivity contribution < 1.29 is 9.47 Å². The summed E-state index contributed by atoms with van der Waals surface area (Å²) < 4.78 is 11.1. The predicted octanol–water partition coefficient (Wildman–Crippen LogP) is 3.19. The first-order chi connectivity index (χ1) is 12.5. The average molecular weight is 355 g/mol. The lowest BCUT2D eigenvalue weighted by Gasteiger charge is -2.16. The Morgan fingerprint density at radius 3 is 2.42 bits per heavy atom. The third-order valence-corrected chi connectivity index (χ3v) is 3.32. The van der Waals surface area contributed by atoms with Crippen molar-refractivity contribution in [2.75, 3.05) is 7.11 Å². The molecule has 0 bridgehead atoms. The van der Waals surface area contributed by atoms with Crippen LogP contribution < -0.4 is 21.2 Å². The summed E-state index contributed by atoms with van der Waals surface area (Å²) in [5, 5.41) is 22.8. The van der Waals surface area contributed by atoms with Crippen LogP contribution in [0.3, 0.4) is 0 Å². The Kier molecular flexibility index (Phi) is 5.94. The number of rotatable bonds is 6. The molecule has 1 aromatic heterocycles. The molecule has 0 saturated heterocycles. The van der Waals surface area contributed by atoms with E-state index in [-0.39, 0.29) is 23.4 Å². The number of aromatic nitrogens is 2. The van der Waals surface area contributed by atoms with Crippen molar-refractivity contribution in [3.8, 4) is 23.3 Å². The molecule has 11 heteroatoms. The first-order valence-corrected chi connectivity index (χ1v) is 7.42. The van der Waals surface area contributed by atoms with Gasteiger partial charge in [0, 0.05) is 11.6 Å². The van der Waals surface area contributed by atoms with Gasteiger partial charge in [-0.15, -0.1) is 5.11 Å². The largest absolute Gasteiger partial charge is 0.495 e. The van der Waals surface area contributed by atoms with Crippen LogP contribution >= 0.6 is 0 Å². The van der Waals surface area contributed by atoms with Gasteiger partial charge in [-0.3, -0.25) is 0 Å². The summed E-state index contributed by atoms with van der Waals surface area (Å²) in [4.78, 5) is 7.94. The summed E-state index contributed by atoms with van der Waals surface area (Å²) in [7, 11) is 1.50. The van der Waals surface area contributed by atoms with E-state index in [1.165, 1.54) is 13.3 Å². The van der Waals surface area contributed by atoms with Crippen LogP contribution in [0.25, 0.3) is 0 Å². The zero-order valence-corrected chi connectivity index (χ0v) is 14.4. The molecule has 0 radical (unpaired) electrons. The second kappa shape index (κ2) is 8.34. The van der Waals surface area contributed by atoms with E-state index in [1.54, 1.807) is 12.1 Å². The van der Waals surface area contributed by atoms with Gasteiger partial charge in [-0.2, -0.15) is 10.2 Å². The molecule has 11 nitrogen and oxygen atoms in total. The quantitative estimate of drug-likeness (QED) is 0.455. The topological polar surface area (TPSA) is 170 Å². The maximum atomic E-state index is 9.31. The van der Waals surface area contributed by atoms with Crippen LogP contribution in [0.1, 0.15) is 30.9 Å². The van der Waals surface area contributed by atoms with Crippen molar-refractivity contribution in [1.29, 1.82) is 5.26 Å². The predicted molar refractivity (Wildman–Crippen MR) is 91.3 cm³/mol. The number of hydrogen-bond donors (Lipinski definition) is 2. The van der Waals surface area contributed by atoms with Gasteiger partial charge in [-0.1, -0.05) is 29.4 Å². The molecule has 1 heterocycles. The fraction of sp³-hybridized carbons (Fsp3) is 0.267. The van der Waals surface area contributed by atoms with E-state index < -0.39 is 0 Å². The lowest BCUT2D eigenvalue weighted by molar-refractivity contribution is 0.409. The highest BCUT2D eigenvalue weighted by Crippen LogP contribution is 2.38. The van der Waals surface area contributed by atoms with Crippen LogP contribution in [0.5, 0.6) is 17.2 Å². The Labute approximate surface area is 149 Å². The number of nitrogens with two attached hydrogens (primary N) is 2. The summed E-state index contributed by atoms with van der Waals surface area (Å²) in [5.74, 6) is 11.3. The molecule has 0 spiro atoms. The maximum absolute atomic E-state index is 9.31. The maximum Gasteiger partial charge on any atom is 0.272 e. The minimum absolute atomic E-state index is 0.0289. The van der Waals surface area contributed by atoms with Crippen molar-refractivity contribution in [3.63, 3.8) is 0 Å². The fourth-order valence-electron chi connectivity index (χ4n) is 2.14. The Morgan fingerprint density at radius 2 is 1.85 bits per heavy atom. The Morgan fingerprint density at radius 1 is 1.12 bits per heavy atom. The molecule has 1 aromatic carbocycles. The first kappa shape index (κ1) is 18.5. The molecular weight excluding hydrogens is 338 g/mol. The van der Waals surface area contributed by atoms with Crippen LogP contribution in [-0.2, 0) is 0 Å². The molecule has 0 aliphatic rings. The van der Waals surface area contributed by atoms with E-state index in [0.29, 0.717) is 17.1 Å². The van der Waals surface area contributed by atoms with Gasteiger partial charge < -0.3 is 21.2 Å². The van der Waals surface area contributed by atoms with Gasteiger partial charge in [0.1, 0.15) is 17.6 Å². The van der Waals surface area contributed by atoms with Crippen LogP contribution in [0.4, 0.5) is 11.8 Å². The highest BCUT2D eigenvalue weighted by molar-refractivity contribution is 5.55. The molecule has 0 fully saturated rings. The molecule has 0 amide bonds. The number of nitrogens with zero attached hydrogens (tertiary/aromatic N) is 7. The molecule has 0 unspecified atom stereocenters. The third kappa shape index (κ3) is 3.99. The zero-order valence-electron chi connectivity index (χ0n) is 14.4. The van der Waals surface area contributed by atoms with Crippen molar-refractivity contribution >= 4 is 11.8 Å². The summed E-state index contributed by atoms with van der Waals surface area (Å²) in [6, 6.07) is 5.39. The highest BCUT2D eigenvalue weighted by Gasteiger charge is 2.17. The van der Waals surface area contributed by atoms with Crippen LogP contribution in [0.2, 0.25) is 0 Å². The van der Waals surface area contributed by atoms with Gasteiger partial charge in [0.15, 0.2) is 5.75 Å². The number of hydrogen-bond acceptors (Lipinski definition) is 9. The second-order valence-electron chi connectivity index (χ2n) is 5.25. The molecule has 0 saturated carbocycles. The van der Waals surface area contributed by atoms with Gasteiger partial charge in [0.2, 0.25) is 5.82 Å². The van der Waals surface area contributed by atoms with E-state index in [4.69, 9.17) is 21.2 Å². The van der Waals surface area contributed by atoms with Gasteiger partial charge in [-0.25, -0.2) is 4.98 Å². The summed E-state index contributed by atoms with van der Waals surface area (Å²) in [6.45, 7) is 3.96. The summed E-state index contributed by atoms with van der Waals surface area (Å²) in [6.07, 6.45) is 1.33. The normalized spacial score (nSPS) is 11.2. The molecule has 134 valence electrons. The number of benzene rings is 1. The van der Waals surface area contributed by atoms with E-state index in [0.717, 1.165) is 5.56 Å². The SMILES string of the molecule is COc1cc(C(C)C)c(Oc2cnc(N=NN)nc2N=NN)cc1C#N. The van der Waals surface area contributed by atoms with Gasteiger partial charge >= 0.3 is 0 Å². The van der Waals surface area contributed by atoms with E-state index >= 15 is 0 Å². The Hall–Kier alpha value is -3.81. The molecule has 0 atom stereocenters. The summed E-state index contributed by atoms with van der Waals surface area (Å²) in [5.41, 5.74) is 1.14. The minimum Gasteiger partial charge on any atom is -0.495 e. The summed E-state index contributed by atoms with van der Waals surface area (Å²) >= 11 is 0. The number of nitriles is 1. The van der Waals surface area contributed by atoms with E-state index in [9.17, 15) is 5.26 Å². The third-order valence-electron chi connectivity index (χ3n) is 3.32. The monoisotopic (exact) mass is 355 g/mol. The molecule has 26 heavy (non-hydrogen) atoms. The number of methoxy groups -OCH3 is 1. The Balaban J connectivity index is 2.55. The van der Waals surface area contributed by atoms with Crippen molar-refractivity contribution in [2.24, 2.45) is 32.4 Å². The smallest absolute Gasteiger partial charge is 0.272 e. The van der Waals surface area contributed by atoms with Crippen molar-refractivity contribution in [2.45, 2.75) is 19.8 Å². The Bertz CT molecular complexity index is 887. The molecule has 4 N–H and O–H groups in total. The molecule has 2 aromatic rings. The molecule has 0 aliphatic carbocycles. The van der Waals surface area contributed by atoms with Crippen LogP contribution in [0, 0.1) is 11.3 Å². The fourth-order valence-corrected chi connectivity index (χ4v) is 2.14. The molecular formula is C15H17N9O2.